The average molecular weight is 437 g/mol. The van der Waals surface area contributed by atoms with E-state index < -0.39 is 24.9 Å². The van der Waals surface area contributed by atoms with E-state index in [1.807, 2.05) is 11.0 Å². The van der Waals surface area contributed by atoms with Gasteiger partial charge in [0.25, 0.3) is 0 Å². The van der Waals surface area contributed by atoms with E-state index in [4.69, 9.17) is 0 Å². The van der Waals surface area contributed by atoms with Gasteiger partial charge >= 0.3 is 12.2 Å². The van der Waals surface area contributed by atoms with E-state index in [1.165, 1.54) is 11.2 Å². The van der Waals surface area contributed by atoms with Gasteiger partial charge in [0, 0.05) is 44.2 Å². The van der Waals surface area contributed by atoms with Gasteiger partial charge in [0.2, 0.25) is 0 Å². The molecule has 0 radical (unpaired) electrons. The maximum absolute atomic E-state index is 12.8. The number of aromatic amines is 1. The van der Waals surface area contributed by atoms with Gasteiger partial charge in [-0.2, -0.15) is 18.3 Å². The van der Waals surface area contributed by atoms with Crippen LogP contribution in [0.15, 0.2) is 24.7 Å². The third kappa shape index (κ3) is 3.48. The molecule has 3 saturated heterocycles. The second-order valence-electron chi connectivity index (χ2n) is 8.52. The zero-order valence-corrected chi connectivity index (χ0v) is 16.6. The van der Waals surface area contributed by atoms with E-state index in [9.17, 15) is 23.1 Å². The molecule has 166 valence electrons. The molecule has 0 spiro atoms. The lowest BCUT2D eigenvalue weighted by Crippen LogP contribution is -2.69. The molecule has 2 aromatic rings. The predicted octanol–water partition coefficient (Wildman–Crippen LogP) is 1.32. The molecule has 3 aliphatic rings. The molecule has 1 atom stereocenters. The molecule has 0 unspecified atom stereocenters. The fourth-order valence-electron chi connectivity index (χ4n) is 4.37. The minimum absolute atomic E-state index is 0.00913. The summed E-state index contributed by atoms with van der Waals surface area (Å²) in [6.07, 6.45) is -0.681. The molecular formula is C19H22F3N7O2. The number of carbonyl (C=O) groups is 1. The maximum atomic E-state index is 12.8. The van der Waals surface area contributed by atoms with Gasteiger partial charge in [0.1, 0.15) is 18.0 Å². The summed E-state index contributed by atoms with van der Waals surface area (Å²) in [6, 6.07) is 3.50. The lowest BCUT2D eigenvalue weighted by molar-refractivity contribution is -0.267. The number of rotatable bonds is 3. The fourth-order valence-corrected chi connectivity index (χ4v) is 4.37. The van der Waals surface area contributed by atoms with Gasteiger partial charge in [-0.3, -0.25) is 5.10 Å². The fraction of sp³-hybridized carbons (Fsp3) is 0.579. The number of aliphatic hydroxyl groups is 1. The van der Waals surface area contributed by atoms with Crippen LogP contribution in [0.1, 0.15) is 29.6 Å². The van der Waals surface area contributed by atoms with E-state index >= 15 is 0 Å². The number of hydrogen-bond donors (Lipinski definition) is 2. The molecule has 5 heterocycles. The van der Waals surface area contributed by atoms with Gasteiger partial charge in [-0.1, -0.05) is 6.07 Å². The van der Waals surface area contributed by atoms with Crippen LogP contribution in [-0.2, 0) is 0 Å². The number of carbonyl (C=O) groups excluding carboxylic acids is 1. The van der Waals surface area contributed by atoms with Crippen LogP contribution < -0.4 is 4.90 Å². The normalized spacial score (nSPS) is 23.6. The highest BCUT2D eigenvalue weighted by molar-refractivity contribution is 5.76. The van der Waals surface area contributed by atoms with E-state index in [0.29, 0.717) is 32.0 Å². The van der Waals surface area contributed by atoms with E-state index in [0.717, 1.165) is 17.8 Å². The Hall–Kier alpha value is -2.89. The van der Waals surface area contributed by atoms with Crippen molar-refractivity contribution in [1.29, 1.82) is 0 Å². The average Bonchev–Trinajstić information content (AvgIpc) is 3.35. The highest BCUT2D eigenvalue weighted by Gasteiger charge is 2.61. The molecule has 0 aliphatic carbocycles. The summed E-state index contributed by atoms with van der Waals surface area (Å²) < 4.78 is 38.3. The number of hydrogen-bond acceptors (Lipinski definition) is 6. The molecule has 0 saturated carbocycles. The van der Waals surface area contributed by atoms with Crippen molar-refractivity contribution < 1.29 is 23.1 Å². The predicted molar refractivity (Wildman–Crippen MR) is 102 cm³/mol. The Bertz CT molecular complexity index is 938. The number of nitrogens with one attached hydrogen (secondary N) is 1. The number of alkyl halides is 3. The Morgan fingerprint density at radius 3 is 2.48 bits per heavy atom. The number of anilines is 1. The number of H-pyrrole nitrogens is 1. The largest absolute Gasteiger partial charge is 0.420 e. The molecular weight excluding hydrogens is 415 g/mol. The van der Waals surface area contributed by atoms with Crippen molar-refractivity contribution in [1.82, 2.24) is 30.0 Å². The third-order valence-corrected chi connectivity index (χ3v) is 6.43. The van der Waals surface area contributed by atoms with E-state index in [2.05, 4.69) is 20.2 Å². The zero-order chi connectivity index (χ0) is 21.8. The van der Waals surface area contributed by atoms with Gasteiger partial charge < -0.3 is 19.8 Å². The number of halogens is 3. The second kappa shape index (κ2) is 7.08. The number of likely N-dealkylation sites (tertiary alicyclic amines) is 2. The van der Waals surface area contributed by atoms with Gasteiger partial charge in [-0.15, -0.1) is 0 Å². The summed E-state index contributed by atoms with van der Waals surface area (Å²) in [7, 11) is 0. The first-order valence-electron chi connectivity index (χ1n) is 10.1. The maximum Gasteiger partial charge on any atom is 0.420 e. The van der Waals surface area contributed by atoms with Gasteiger partial charge in [-0.25, -0.2) is 14.8 Å². The summed E-state index contributed by atoms with van der Waals surface area (Å²) >= 11 is 0. The minimum Gasteiger partial charge on any atom is -0.378 e. The number of pyridine rings is 1. The summed E-state index contributed by atoms with van der Waals surface area (Å²) in [4.78, 5) is 26.2. The van der Waals surface area contributed by atoms with Crippen LogP contribution in [0.4, 0.5) is 23.8 Å². The lowest BCUT2D eigenvalue weighted by Gasteiger charge is -2.47. The molecule has 2 amide bonds. The molecule has 2 N–H and O–H groups in total. The van der Waals surface area contributed by atoms with Gasteiger partial charge in [-0.05, 0) is 18.1 Å². The molecule has 0 aromatic carbocycles. The number of urea groups is 1. The summed E-state index contributed by atoms with van der Waals surface area (Å²) in [5.41, 5.74) is -1.72. The van der Waals surface area contributed by atoms with Crippen molar-refractivity contribution in [2.75, 3.05) is 44.2 Å². The quantitative estimate of drug-likeness (QED) is 0.751. The molecule has 31 heavy (non-hydrogen) atoms. The molecule has 9 nitrogen and oxygen atoms in total. The molecule has 0 bridgehead atoms. The smallest absolute Gasteiger partial charge is 0.378 e. The van der Waals surface area contributed by atoms with Crippen molar-refractivity contribution in [3.8, 4) is 0 Å². The first-order chi connectivity index (χ1) is 14.7. The highest BCUT2D eigenvalue weighted by Crippen LogP contribution is 2.39. The van der Waals surface area contributed by atoms with Crippen LogP contribution in [-0.4, -0.2) is 92.1 Å². The van der Waals surface area contributed by atoms with Crippen LogP contribution >= 0.6 is 0 Å². The lowest BCUT2D eigenvalue weighted by atomic mass is 9.92. The zero-order valence-electron chi connectivity index (χ0n) is 16.6. The molecule has 2 aromatic heterocycles. The first-order valence-corrected chi connectivity index (χ1v) is 10.1. The topological polar surface area (TPSA) is 101 Å². The Balaban J connectivity index is 1.12. The van der Waals surface area contributed by atoms with Crippen LogP contribution in [0, 0.1) is 0 Å². The summed E-state index contributed by atoms with van der Waals surface area (Å²) in [5, 5.41) is 16.3. The summed E-state index contributed by atoms with van der Waals surface area (Å²) in [5.74, 6) is 1.54. The van der Waals surface area contributed by atoms with E-state index in [1.54, 1.807) is 17.2 Å². The number of amides is 2. The van der Waals surface area contributed by atoms with Crippen molar-refractivity contribution in [2.24, 2.45) is 0 Å². The first kappa shape index (κ1) is 20.0. The third-order valence-electron chi connectivity index (χ3n) is 6.43. The Kier molecular flexibility index (Phi) is 4.57. The molecule has 12 heteroatoms. The monoisotopic (exact) mass is 437 g/mol. The van der Waals surface area contributed by atoms with Gasteiger partial charge in [0.15, 0.2) is 5.60 Å². The Morgan fingerprint density at radius 1 is 1.13 bits per heavy atom. The standard InChI is InChI=1S/C19H22F3N7O2/c20-19(21,22)18(31)9-29(10-18)15-2-1-12(5-23-15)14-7-28(8-14)17(30)27-4-3-13(6-27)16-24-11-25-26-16/h1-2,5,11,13-14,31H,3-4,6-10H2,(H,24,25,26)/t13-/m0/s1. The molecule has 3 aliphatic heterocycles. The van der Waals surface area contributed by atoms with Crippen molar-refractivity contribution in [3.05, 3.63) is 36.0 Å². The highest BCUT2D eigenvalue weighted by atomic mass is 19.4. The van der Waals surface area contributed by atoms with Crippen LogP contribution in [0.25, 0.3) is 0 Å². The minimum atomic E-state index is -4.64. The Morgan fingerprint density at radius 2 is 1.87 bits per heavy atom. The van der Waals surface area contributed by atoms with Crippen LogP contribution in [0.2, 0.25) is 0 Å². The number of β-amino-alcohol motifs (C(OH)–C–C–N with tert-alkyl or cyclic N) is 1. The van der Waals surface area contributed by atoms with Crippen molar-refractivity contribution in [3.63, 3.8) is 0 Å². The Labute approximate surface area is 175 Å². The number of nitrogens with zero attached hydrogens (tertiary/aromatic N) is 6. The van der Waals surface area contributed by atoms with Crippen LogP contribution in [0.5, 0.6) is 0 Å². The second-order valence-corrected chi connectivity index (χ2v) is 8.52. The summed E-state index contributed by atoms with van der Waals surface area (Å²) in [6.45, 7) is 1.44. The van der Waals surface area contributed by atoms with Gasteiger partial charge in [0.05, 0.1) is 13.1 Å². The van der Waals surface area contributed by atoms with Crippen LogP contribution in [0.3, 0.4) is 0 Å². The van der Waals surface area contributed by atoms with E-state index in [-0.39, 0.29) is 17.9 Å². The van der Waals surface area contributed by atoms with Crippen molar-refractivity contribution in [2.45, 2.75) is 30.0 Å². The SMILES string of the molecule is O=C(N1CC(c2ccc(N3CC(O)(C(F)(F)F)C3)nc2)C1)N1CC[C@H](c2ncn[nH]2)C1. The van der Waals surface area contributed by atoms with Crippen molar-refractivity contribution >= 4 is 11.8 Å². The molecule has 5 rings (SSSR count). The number of aromatic nitrogens is 4. The molecule has 3 fully saturated rings.